The first-order valence-electron chi connectivity index (χ1n) is 16.0. The first-order valence-corrected chi connectivity index (χ1v) is 16.0. The molecule has 0 spiro atoms. The van der Waals surface area contributed by atoms with Crippen molar-refractivity contribution >= 4 is 29.3 Å². The van der Waals surface area contributed by atoms with Crippen LogP contribution in [0.5, 0.6) is 23.0 Å². The summed E-state index contributed by atoms with van der Waals surface area (Å²) in [6.07, 6.45) is 2.25. The highest BCUT2D eigenvalue weighted by atomic mass is 16.5. The SMILES string of the molecule is CCC(C)(C)c1ccc(Oc2ccc(N3C(=O)c4ccc(Oc5cccc6c5C(=O)N(C(C)(CC)CC)C6=O)cc4C3=O)cc2)cc1. The second-order valence-electron chi connectivity index (χ2n) is 12.9. The molecule has 0 radical (unpaired) electrons. The van der Waals surface area contributed by atoms with Crippen LogP contribution in [0.15, 0.2) is 84.9 Å². The van der Waals surface area contributed by atoms with Gasteiger partial charge in [0, 0.05) is 5.54 Å². The number of ether oxygens (including phenoxy) is 2. The summed E-state index contributed by atoms with van der Waals surface area (Å²) in [6.45, 7) is 12.4. The molecule has 8 nitrogen and oxygen atoms in total. The monoisotopic (exact) mass is 630 g/mol. The van der Waals surface area contributed by atoms with Crippen LogP contribution < -0.4 is 14.4 Å². The number of benzene rings is 4. The van der Waals surface area contributed by atoms with Crippen molar-refractivity contribution in [3.05, 3.63) is 113 Å². The van der Waals surface area contributed by atoms with E-state index < -0.39 is 23.3 Å². The number of carbonyl (C=O) groups is 4. The minimum absolute atomic E-state index is 0.0771. The molecule has 240 valence electrons. The van der Waals surface area contributed by atoms with Gasteiger partial charge in [0.15, 0.2) is 0 Å². The molecule has 0 aromatic heterocycles. The van der Waals surface area contributed by atoms with Gasteiger partial charge in [-0.05, 0) is 104 Å². The fourth-order valence-corrected chi connectivity index (χ4v) is 6.02. The standard InChI is InChI=1S/C39H38N2O6/c1-7-38(4,5)24-13-17-26(18-14-24)46-27-19-15-25(16-20-27)40-34(42)29-22-21-28(23-31(29)35(40)43)47-32-12-10-11-30-33(32)37(45)41(36(30)44)39(6,8-2)9-3/h10-23H,7-9H2,1-6H3. The molecular weight excluding hydrogens is 592 g/mol. The number of amides is 4. The largest absolute Gasteiger partial charge is 0.457 e. The van der Waals surface area contributed by atoms with E-state index in [-0.39, 0.29) is 45.1 Å². The molecule has 0 unspecified atom stereocenters. The van der Waals surface area contributed by atoms with Gasteiger partial charge in [-0.1, -0.05) is 52.8 Å². The molecule has 2 aliphatic rings. The summed E-state index contributed by atoms with van der Waals surface area (Å²) in [5, 5.41) is 0. The lowest BCUT2D eigenvalue weighted by atomic mass is 9.82. The van der Waals surface area contributed by atoms with Gasteiger partial charge in [0.25, 0.3) is 23.6 Å². The van der Waals surface area contributed by atoms with E-state index in [1.165, 1.54) is 16.5 Å². The van der Waals surface area contributed by atoms with E-state index in [2.05, 4.69) is 32.9 Å². The first-order chi connectivity index (χ1) is 22.4. The summed E-state index contributed by atoms with van der Waals surface area (Å²) in [7, 11) is 0. The Hall–Kier alpha value is -5.24. The predicted octanol–water partition coefficient (Wildman–Crippen LogP) is 8.93. The third kappa shape index (κ3) is 5.37. The number of carbonyl (C=O) groups excluding carboxylic acids is 4. The second-order valence-corrected chi connectivity index (χ2v) is 12.9. The van der Waals surface area contributed by atoms with Crippen molar-refractivity contribution < 1.29 is 28.7 Å². The van der Waals surface area contributed by atoms with Gasteiger partial charge in [0.2, 0.25) is 0 Å². The summed E-state index contributed by atoms with van der Waals surface area (Å²) >= 11 is 0. The maximum atomic E-state index is 13.6. The molecule has 4 amide bonds. The minimum Gasteiger partial charge on any atom is -0.457 e. The highest BCUT2D eigenvalue weighted by Gasteiger charge is 2.46. The summed E-state index contributed by atoms with van der Waals surface area (Å²) in [4.78, 5) is 56.2. The van der Waals surface area contributed by atoms with Crippen LogP contribution >= 0.6 is 0 Å². The molecule has 4 aromatic rings. The zero-order chi connectivity index (χ0) is 33.7. The topological polar surface area (TPSA) is 93.2 Å². The van der Waals surface area contributed by atoms with E-state index in [0.29, 0.717) is 30.0 Å². The van der Waals surface area contributed by atoms with E-state index in [1.54, 1.807) is 54.6 Å². The van der Waals surface area contributed by atoms with Crippen LogP contribution in [0.1, 0.15) is 108 Å². The quantitative estimate of drug-likeness (QED) is 0.162. The lowest BCUT2D eigenvalue weighted by molar-refractivity contribution is 0.0433. The van der Waals surface area contributed by atoms with Crippen molar-refractivity contribution in [2.24, 2.45) is 0 Å². The third-order valence-electron chi connectivity index (χ3n) is 9.88. The van der Waals surface area contributed by atoms with E-state index in [0.717, 1.165) is 11.3 Å². The Morgan fingerprint density at radius 3 is 1.79 bits per heavy atom. The lowest BCUT2D eigenvalue weighted by Gasteiger charge is -2.35. The molecule has 8 heteroatoms. The van der Waals surface area contributed by atoms with Crippen LogP contribution in [0.3, 0.4) is 0 Å². The normalized spacial score (nSPS) is 14.5. The number of hydrogen-bond donors (Lipinski definition) is 0. The lowest BCUT2D eigenvalue weighted by Crippen LogP contribution is -2.48. The summed E-state index contributed by atoms with van der Waals surface area (Å²) < 4.78 is 12.1. The Morgan fingerprint density at radius 2 is 1.17 bits per heavy atom. The van der Waals surface area contributed by atoms with Crippen LogP contribution in [0.4, 0.5) is 5.69 Å². The Kier molecular flexibility index (Phi) is 8.00. The average molecular weight is 631 g/mol. The first kappa shape index (κ1) is 31.7. The van der Waals surface area contributed by atoms with Crippen LogP contribution in [0.25, 0.3) is 0 Å². The average Bonchev–Trinajstić information content (AvgIpc) is 3.49. The summed E-state index contributed by atoms with van der Waals surface area (Å²) in [5.41, 5.74) is 1.99. The zero-order valence-electron chi connectivity index (χ0n) is 27.5. The molecule has 0 atom stereocenters. The summed E-state index contributed by atoms with van der Waals surface area (Å²) in [6, 6.07) is 24.3. The van der Waals surface area contributed by atoms with Gasteiger partial charge in [-0.15, -0.1) is 0 Å². The van der Waals surface area contributed by atoms with Gasteiger partial charge in [0.1, 0.15) is 23.0 Å². The Balaban J connectivity index is 1.20. The molecule has 47 heavy (non-hydrogen) atoms. The van der Waals surface area contributed by atoms with Crippen molar-refractivity contribution in [3.8, 4) is 23.0 Å². The fourth-order valence-electron chi connectivity index (χ4n) is 6.02. The van der Waals surface area contributed by atoms with Gasteiger partial charge in [-0.2, -0.15) is 0 Å². The van der Waals surface area contributed by atoms with Crippen molar-refractivity contribution in [1.29, 1.82) is 0 Å². The highest BCUT2D eigenvalue weighted by Crippen LogP contribution is 2.40. The molecule has 6 rings (SSSR count). The molecular formula is C39H38N2O6. The predicted molar refractivity (Wildman–Crippen MR) is 180 cm³/mol. The highest BCUT2D eigenvalue weighted by molar-refractivity contribution is 6.34. The van der Waals surface area contributed by atoms with Crippen LogP contribution in [0.2, 0.25) is 0 Å². The van der Waals surface area contributed by atoms with Crippen LogP contribution in [-0.2, 0) is 5.41 Å². The molecule has 0 saturated heterocycles. The third-order valence-corrected chi connectivity index (χ3v) is 9.88. The van der Waals surface area contributed by atoms with E-state index in [9.17, 15) is 19.2 Å². The van der Waals surface area contributed by atoms with E-state index in [1.807, 2.05) is 32.9 Å². The summed E-state index contributed by atoms with van der Waals surface area (Å²) in [5.74, 6) is 0.0477. The molecule has 0 saturated carbocycles. The Bertz CT molecular complexity index is 1910. The maximum Gasteiger partial charge on any atom is 0.266 e. The molecule has 2 aliphatic heterocycles. The van der Waals surface area contributed by atoms with Crippen molar-refractivity contribution in [2.45, 2.75) is 71.8 Å². The number of hydrogen-bond acceptors (Lipinski definition) is 6. The second kappa shape index (κ2) is 11.8. The molecule has 2 heterocycles. The molecule has 0 aliphatic carbocycles. The van der Waals surface area contributed by atoms with Crippen molar-refractivity contribution in [3.63, 3.8) is 0 Å². The fraction of sp³-hybridized carbons (Fsp3) is 0.282. The Labute approximate surface area is 274 Å². The van der Waals surface area contributed by atoms with Gasteiger partial charge < -0.3 is 9.47 Å². The number of imide groups is 2. The number of anilines is 1. The molecule has 0 N–H and O–H groups in total. The van der Waals surface area contributed by atoms with E-state index >= 15 is 0 Å². The van der Waals surface area contributed by atoms with Gasteiger partial charge in [-0.3, -0.25) is 24.1 Å². The van der Waals surface area contributed by atoms with Crippen molar-refractivity contribution in [1.82, 2.24) is 4.90 Å². The number of rotatable bonds is 10. The number of fused-ring (bicyclic) bond motifs is 2. The van der Waals surface area contributed by atoms with E-state index in [4.69, 9.17) is 9.47 Å². The number of nitrogens with zero attached hydrogens (tertiary/aromatic N) is 2. The van der Waals surface area contributed by atoms with Gasteiger partial charge in [0.05, 0.1) is 27.9 Å². The van der Waals surface area contributed by atoms with Crippen molar-refractivity contribution in [2.75, 3.05) is 4.90 Å². The minimum atomic E-state index is -0.629. The molecule has 0 fully saturated rings. The molecule has 0 bridgehead atoms. The molecule has 4 aromatic carbocycles. The van der Waals surface area contributed by atoms with Gasteiger partial charge in [-0.25, -0.2) is 4.90 Å². The maximum absolute atomic E-state index is 13.6. The van der Waals surface area contributed by atoms with Crippen LogP contribution in [0, 0.1) is 0 Å². The van der Waals surface area contributed by atoms with Gasteiger partial charge >= 0.3 is 0 Å². The van der Waals surface area contributed by atoms with Crippen LogP contribution in [-0.4, -0.2) is 34.1 Å². The smallest absolute Gasteiger partial charge is 0.266 e. The Morgan fingerprint density at radius 1 is 0.574 bits per heavy atom. The zero-order valence-corrected chi connectivity index (χ0v) is 27.5.